The lowest BCUT2D eigenvalue weighted by Crippen LogP contribution is -2.41. The highest BCUT2D eigenvalue weighted by molar-refractivity contribution is 5.79. The number of alkyl carbamates (subject to hydrolysis) is 1. The quantitative estimate of drug-likeness (QED) is 0.861. The summed E-state index contributed by atoms with van der Waals surface area (Å²) in [6.45, 7) is 4.25. The van der Waals surface area contributed by atoms with Gasteiger partial charge in [-0.05, 0) is 35.1 Å². The van der Waals surface area contributed by atoms with Crippen molar-refractivity contribution in [1.29, 1.82) is 0 Å². The normalized spacial score (nSPS) is 16.4. The molecule has 0 atom stereocenters. The van der Waals surface area contributed by atoms with Crippen molar-refractivity contribution in [2.24, 2.45) is 0 Å². The Morgan fingerprint density at radius 1 is 1.04 bits per heavy atom. The third-order valence-corrected chi connectivity index (χ3v) is 4.74. The summed E-state index contributed by atoms with van der Waals surface area (Å²) < 4.78 is 5.50. The second-order valence-electron chi connectivity index (χ2n) is 6.33. The van der Waals surface area contributed by atoms with E-state index in [0.29, 0.717) is 6.61 Å². The largest absolute Gasteiger partial charge is 0.449 e. The molecule has 2 aliphatic carbocycles. The molecule has 2 aliphatic rings. The maximum absolute atomic E-state index is 12.0. The molecule has 1 fully saturated rings. The van der Waals surface area contributed by atoms with Crippen LogP contribution in [-0.4, -0.2) is 18.7 Å². The highest BCUT2D eigenvalue weighted by Crippen LogP contribution is 2.44. The minimum absolute atomic E-state index is 0.115. The molecule has 2 aromatic carbocycles. The summed E-state index contributed by atoms with van der Waals surface area (Å²) in [5, 5.41) is 2.90. The lowest BCUT2D eigenvalue weighted by Gasteiger charge is -2.28. The van der Waals surface area contributed by atoms with E-state index in [2.05, 4.69) is 48.3 Å². The standard InChI is InChI=1S/C20H19NO2/c1-13-10-14(11-13)21-20(22)23-12-19-17-8-4-2-6-15(17)16-7-3-5-9-18(16)19/h2-9,14,19H,1,10-12H2,(H,21,22). The summed E-state index contributed by atoms with van der Waals surface area (Å²) in [4.78, 5) is 12.0. The zero-order chi connectivity index (χ0) is 15.8. The Balaban J connectivity index is 1.48. The van der Waals surface area contributed by atoms with Crippen LogP contribution in [0.15, 0.2) is 60.7 Å². The molecule has 0 aromatic heterocycles. The van der Waals surface area contributed by atoms with Gasteiger partial charge in [0.05, 0.1) is 0 Å². The number of benzene rings is 2. The molecule has 0 bridgehead atoms. The fraction of sp³-hybridized carbons (Fsp3) is 0.250. The van der Waals surface area contributed by atoms with Gasteiger partial charge in [-0.3, -0.25) is 0 Å². The number of ether oxygens (including phenoxy) is 1. The van der Waals surface area contributed by atoms with Gasteiger partial charge in [0.25, 0.3) is 0 Å². The molecule has 0 radical (unpaired) electrons. The average Bonchev–Trinajstić information content (AvgIpc) is 2.86. The van der Waals surface area contributed by atoms with Crippen LogP contribution in [0.2, 0.25) is 0 Å². The fourth-order valence-corrected chi connectivity index (χ4v) is 3.55. The second kappa shape index (κ2) is 5.58. The first-order chi connectivity index (χ1) is 11.2. The van der Waals surface area contributed by atoms with Gasteiger partial charge in [-0.15, -0.1) is 0 Å². The van der Waals surface area contributed by atoms with E-state index in [1.807, 2.05) is 12.1 Å². The van der Waals surface area contributed by atoms with E-state index in [0.717, 1.165) is 12.8 Å². The molecule has 1 amide bonds. The van der Waals surface area contributed by atoms with Crippen molar-refractivity contribution in [3.63, 3.8) is 0 Å². The third kappa shape index (κ3) is 2.52. The molecular weight excluding hydrogens is 286 g/mol. The summed E-state index contributed by atoms with van der Waals surface area (Å²) in [5.74, 6) is 0.115. The van der Waals surface area contributed by atoms with Crippen LogP contribution >= 0.6 is 0 Å². The van der Waals surface area contributed by atoms with E-state index < -0.39 is 0 Å². The summed E-state index contributed by atoms with van der Waals surface area (Å²) >= 11 is 0. The molecule has 2 aromatic rings. The minimum Gasteiger partial charge on any atom is -0.449 e. The van der Waals surface area contributed by atoms with Crippen molar-refractivity contribution in [3.8, 4) is 11.1 Å². The molecule has 1 saturated carbocycles. The van der Waals surface area contributed by atoms with Crippen LogP contribution in [0.5, 0.6) is 0 Å². The molecule has 116 valence electrons. The number of carbonyl (C=O) groups excluding carboxylic acids is 1. The minimum atomic E-state index is -0.329. The van der Waals surface area contributed by atoms with Gasteiger partial charge in [0, 0.05) is 12.0 Å². The fourth-order valence-electron chi connectivity index (χ4n) is 3.55. The zero-order valence-corrected chi connectivity index (χ0v) is 12.9. The lowest BCUT2D eigenvalue weighted by atomic mass is 9.88. The Morgan fingerprint density at radius 2 is 1.61 bits per heavy atom. The van der Waals surface area contributed by atoms with Gasteiger partial charge in [-0.2, -0.15) is 0 Å². The number of carbonyl (C=O) groups is 1. The number of rotatable bonds is 3. The van der Waals surface area contributed by atoms with Crippen molar-refractivity contribution in [2.45, 2.75) is 24.8 Å². The number of amides is 1. The predicted molar refractivity (Wildman–Crippen MR) is 90.4 cm³/mol. The van der Waals surface area contributed by atoms with Gasteiger partial charge >= 0.3 is 6.09 Å². The third-order valence-electron chi connectivity index (χ3n) is 4.74. The van der Waals surface area contributed by atoms with Gasteiger partial charge in [0.2, 0.25) is 0 Å². The van der Waals surface area contributed by atoms with E-state index in [1.54, 1.807) is 0 Å². The van der Waals surface area contributed by atoms with E-state index in [1.165, 1.54) is 27.8 Å². The van der Waals surface area contributed by atoms with Crippen molar-refractivity contribution < 1.29 is 9.53 Å². The average molecular weight is 305 g/mol. The van der Waals surface area contributed by atoms with Crippen molar-refractivity contribution in [1.82, 2.24) is 5.32 Å². The predicted octanol–water partition coefficient (Wildman–Crippen LogP) is 4.24. The molecule has 3 heteroatoms. The van der Waals surface area contributed by atoms with Gasteiger partial charge in [0.15, 0.2) is 0 Å². The van der Waals surface area contributed by atoms with E-state index in [-0.39, 0.29) is 18.1 Å². The van der Waals surface area contributed by atoms with E-state index in [4.69, 9.17) is 4.74 Å². The van der Waals surface area contributed by atoms with Crippen molar-refractivity contribution in [3.05, 3.63) is 71.8 Å². The molecule has 0 spiro atoms. The first-order valence-electron chi connectivity index (χ1n) is 8.00. The summed E-state index contributed by atoms with van der Waals surface area (Å²) in [6, 6.07) is 16.9. The molecule has 23 heavy (non-hydrogen) atoms. The molecule has 0 saturated heterocycles. The lowest BCUT2D eigenvalue weighted by molar-refractivity contribution is 0.137. The Kier molecular flexibility index (Phi) is 3.41. The molecule has 0 unspecified atom stereocenters. The summed E-state index contributed by atoms with van der Waals surface area (Å²) in [5.41, 5.74) is 6.14. The van der Waals surface area contributed by atoms with E-state index in [9.17, 15) is 4.79 Å². The molecular formula is C20H19NO2. The second-order valence-corrected chi connectivity index (χ2v) is 6.33. The SMILES string of the molecule is C=C1CC(NC(=O)OCC2c3ccccc3-c3ccccc32)C1. The van der Waals surface area contributed by atoms with Crippen LogP contribution in [0.4, 0.5) is 4.79 Å². The number of nitrogens with one attached hydrogen (secondary N) is 1. The van der Waals surface area contributed by atoms with Gasteiger partial charge in [-0.25, -0.2) is 4.79 Å². The number of fused-ring (bicyclic) bond motifs is 3. The maximum Gasteiger partial charge on any atom is 0.407 e. The first-order valence-corrected chi connectivity index (χ1v) is 8.00. The number of hydrogen-bond acceptors (Lipinski definition) is 2. The van der Waals surface area contributed by atoms with Crippen molar-refractivity contribution in [2.75, 3.05) is 6.61 Å². The van der Waals surface area contributed by atoms with E-state index >= 15 is 0 Å². The monoisotopic (exact) mass is 305 g/mol. The Hall–Kier alpha value is -2.55. The molecule has 0 heterocycles. The summed E-state index contributed by atoms with van der Waals surface area (Å²) in [7, 11) is 0. The summed E-state index contributed by atoms with van der Waals surface area (Å²) in [6.07, 6.45) is 1.40. The Bertz CT molecular complexity index is 727. The first kappa shape index (κ1) is 14.1. The maximum atomic E-state index is 12.0. The smallest absolute Gasteiger partial charge is 0.407 e. The van der Waals surface area contributed by atoms with Crippen LogP contribution in [-0.2, 0) is 4.74 Å². The molecule has 0 aliphatic heterocycles. The highest BCUT2D eigenvalue weighted by Gasteiger charge is 2.29. The van der Waals surface area contributed by atoms with Crippen molar-refractivity contribution >= 4 is 6.09 Å². The molecule has 4 rings (SSSR count). The van der Waals surface area contributed by atoms with Crippen LogP contribution in [0.3, 0.4) is 0 Å². The van der Waals surface area contributed by atoms with Crippen LogP contribution in [0.25, 0.3) is 11.1 Å². The number of hydrogen-bond donors (Lipinski definition) is 1. The molecule has 1 N–H and O–H groups in total. The highest BCUT2D eigenvalue weighted by atomic mass is 16.5. The van der Waals surface area contributed by atoms with Gasteiger partial charge in [-0.1, -0.05) is 60.7 Å². The van der Waals surface area contributed by atoms with Crippen LogP contribution in [0, 0.1) is 0 Å². The van der Waals surface area contributed by atoms with Gasteiger partial charge < -0.3 is 10.1 Å². The zero-order valence-electron chi connectivity index (χ0n) is 12.9. The van der Waals surface area contributed by atoms with Gasteiger partial charge in [0.1, 0.15) is 6.61 Å². The Labute approximate surface area is 136 Å². The van der Waals surface area contributed by atoms with Crippen LogP contribution in [0.1, 0.15) is 29.9 Å². The molecule has 3 nitrogen and oxygen atoms in total. The van der Waals surface area contributed by atoms with Crippen LogP contribution < -0.4 is 5.32 Å². The Morgan fingerprint density at radius 3 is 2.17 bits per heavy atom. The topological polar surface area (TPSA) is 38.3 Å².